The molecule has 8 nitrogen and oxygen atoms in total. The molecule has 2 amide bonds. The number of rotatable bonds is 7. The van der Waals surface area contributed by atoms with E-state index < -0.39 is 30.4 Å². The highest BCUT2D eigenvalue weighted by molar-refractivity contribution is 6.35. The van der Waals surface area contributed by atoms with Gasteiger partial charge in [-0.25, -0.2) is 4.79 Å². The first-order valence-corrected chi connectivity index (χ1v) is 10.9. The van der Waals surface area contributed by atoms with Gasteiger partial charge in [-0.2, -0.15) is 0 Å². The van der Waals surface area contributed by atoms with E-state index in [4.69, 9.17) is 32.7 Å². The van der Waals surface area contributed by atoms with Crippen molar-refractivity contribution in [3.05, 3.63) is 58.1 Å². The van der Waals surface area contributed by atoms with E-state index in [1.807, 2.05) is 0 Å². The van der Waals surface area contributed by atoms with E-state index >= 15 is 0 Å². The second kappa shape index (κ2) is 10.7. The van der Waals surface area contributed by atoms with Crippen molar-refractivity contribution in [2.75, 3.05) is 23.4 Å². The molecule has 0 unspecified atom stereocenters. The van der Waals surface area contributed by atoms with Gasteiger partial charge in [0.1, 0.15) is 0 Å². The number of anilines is 2. The lowest BCUT2D eigenvalue weighted by molar-refractivity contribution is -0.151. The molecule has 10 heteroatoms. The van der Waals surface area contributed by atoms with Crippen molar-refractivity contribution in [1.29, 1.82) is 0 Å². The third-order valence-electron chi connectivity index (χ3n) is 4.76. The van der Waals surface area contributed by atoms with Crippen molar-refractivity contribution in [1.82, 2.24) is 0 Å². The number of nitrogens with one attached hydrogen (secondary N) is 1. The van der Waals surface area contributed by atoms with Crippen molar-refractivity contribution in [3.8, 4) is 0 Å². The predicted octanol–water partition coefficient (Wildman–Crippen LogP) is 4.09. The second-order valence-electron chi connectivity index (χ2n) is 7.69. The van der Waals surface area contributed by atoms with Crippen molar-refractivity contribution >= 4 is 58.3 Å². The molecule has 1 aliphatic heterocycles. The molecular weight excluding hydrogens is 471 g/mol. The highest BCUT2D eigenvalue weighted by atomic mass is 35.5. The Bertz CT molecular complexity index is 1070. The summed E-state index contributed by atoms with van der Waals surface area (Å²) in [7, 11) is 0. The van der Waals surface area contributed by atoms with Crippen LogP contribution in [0.2, 0.25) is 10.0 Å². The molecule has 0 aromatic heterocycles. The van der Waals surface area contributed by atoms with Crippen LogP contribution >= 0.6 is 23.2 Å². The maximum atomic E-state index is 12.4. The molecule has 1 atom stereocenters. The van der Waals surface area contributed by atoms with Crippen LogP contribution in [0.15, 0.2) is 42.5 Å². The molecule has 1 saturated heterocycles. The van der Waals surface area contributed by atoms with Crippen molar-refractivity contribution < 1.29 is 28.7 Å². The number of hydrogen-bond acceptors (Lipinski definition) is 6. The van der Waals surface area contributed by atoms with Crippen LogP contribution in [0, 0.1) is 5.92 Å². The Hall–Kier alpha value is -3.10. The normalized spacial score (nSPS) is 15.5. The van der Waals surface area contributed by atoms with E-state index in [9.17, 15) is 19.2 Å². The first-order valence-electron chi connectivity index (χ1n) is 10.2. The van der Waals surface area contributed by atoms with Gasteiger partial charge in [0.15, 0.2) is 6.61 Å². The summed E-state index contributed by atoms with van der Waals surface area (Å²) in [6.45, 7) is 3.09. The standard InChI is InChI=1S/C23H22Cl2N2O6/c1-13(2)33-23(31)14-3-6-17(7-4-14)27-11-15(9-21(27)29)22(30)32-12-20(28)26-19-10-16(24)5-8-18(19)25/h3-8,10,13,15H,9,11-12H2,1-2H3,(H,26,28)/t15-/m1/s1. The van der Waals surface area contributed by atoms with Gasteiger partial charge in [0.05, 0.1) is 28.3 Å². The SMILES string of the molecule is CC(C)OC(=O)c1ccc(N2C[C@H](C(=O)OCC(=O)Nc3cc(Cl)ccc3Cl)CC2=O)cc1. The molecule has 0 spiro atoms. The number of hydrogen-bond donors (Lipinski definition) is 1. The number of benzene rings is 2. The number of esters is 2. The van der Waals surface area contributed by atoms with E-state index in [1.165, 1.54) is 17.0 Å². The largest absolute Gasteiger partial charge is 0.459 e. The van der Waals surface area contributed by atoms with E-state index in [0.717, 1.165) is 0 Å². The van der Waals surface area contributed by atoms with Crippen LogP contribution < -0.4 is 10.2 Å². The number of ether oxygens (including phenoxy) is 2. The zero-order valence-corrected chi connectivity index (χ0v) is 19.5. The molecule has 1 heterocycles. The Morgan fingerprint density at radius 1 is 1.12 bits per heavy atom. The molecule has 0 radical (unpaired) electrons. The van der Waals surface area contributed by atoms with Gasteiger partial charge in [-0.15, -0.1) is 0 Å². The molecule has 0 saturated carbocycles. The smallest absolute Gasteiger partial charge is 0.338 e. The number of nitrogens with zero attached hydrogens (tertiary/aromatic N) is 1. The average Bonchev–Trinajstić information content (AvgIpc) is 3.16. The first kappa shape index (κ1) is 24.5. The van der Waals surface area contributed by atoms with Crippen LogP contribution in [-0.2, 0) is 23.9 Å². The molecule has 1 aliphatic rings. The monoisotopic (exact) mass is 492 g/mol. The summed E-state index contributed by atoms with van der Waals surface area (Å²) < 4.78 is 10.2. The minimum atomic E-state index is -0.717. The van der Waals surface area contributed by atoms with Crippen LogP contribution in [0.4, 0.5) is 11.4 Å². The first-order chi connectivity index (χ1) is 15.6. The fraction of sp³-hybridized carbons (Fsp3) is 0.304. The Morgan fingerprint density at radius 2 is 1.82 bits per heavy atom. The summed E-state index contributed by atoms with van der Waals surface area (Å²) in [5.41, 5.74) is 1.21. The maximum absolute atomic E-state index is 12.4. The van der Waals surface area contributed by atoms with Gasteiger partial charge in [-0.05, 0) is 56.3 Å². The number of halogens is 2. The van der Waals surface area contributed by atoms with Gasteiger partial charge in [-0.3, -0.25) is 14.4 Å². The zero-order chi connectivity index (χ0) is 24.1. The quantitative estimate of drug-likeness (QED) is 0.583. The van der Waals surface area contributed by atoms with Crippen LogP contribution in [0.1, 0.15) is 30.6 Å². The van der Waals surface area contributed by atoms with Crippen LogP contribution in [0.5, 0.6) is 0 Å². The highest BCUT2D eigenvalue weighted by Gasteiger charge is 2.36. The molecule has 1 N–H and O–H groups in total. The molecule has 33 heavy (non-hydrogen) atoms. The lowest BCUT2D eigenvalue weighted by Crippen LogP contribution is -2.28. The summed E-state index contributed by atoms with van der Waals surface area (Å²) >= 11 is 11.9. The molecule has 2 aromatic carbocycles. The van der Waals surface area contributed by atoms with Gasteiger partial charge in [0, 0.05) is 23.7 Å². The third kappa shape index (κ3) is 6.46. The molecular formula is C23H22Cl2N2O6. The lowest BCUT2D eigenvalue weighted by Gasteiger charge is -2.17. The summed E-state index contributed by atoms with van der Waals surface area (Å²) in [4.78, 5) is 50.3. The van der Waals surface area contributed by atoms with Gasteiger partial charge in [-0.1, -0.05) is 23.2 Å². The van der Waals surface area contributed by atoms with E-state index in [2.05, 4.69) is 5.32 Å². The van der Waals surface area contributed by atoms with Crippen molar-refractivity contribution in [2.24, 2.45) is 5.92 Å². The van der Waals surface area contributed by atoms with E-state index in [0.29, 0.717) is 27.0 Å². The zero-order valence-electron chi connectivity index (χ0n) is 18.0. The fourth-order valence-electron chi connectivity index (χ4n) is 3.21. The topological polar surface area (TPSA) is 102 Å². The Morgan fingerprint density at radius 3 is 2.48 bits per heavy atom. The maximum Gasteiger partial charge on any atom is 0.338 e. The fourth-order valence-corrected chi connectivity index (χ4v) is 3.55. The second-order valence-corrected chi connectivity index (χ2v) is 8.53. The molecule has 0 bridgehead atoms. The predicted molar refractivity (Wildman–Crippen MR) is 124 cm³/mol. The van der Waals surface area contributed by atoms with Gasteiger partial charge in [0.25, 0.3) is 5.91 Å². The van der Waals surface area contributed by atoms with E-state index in [-0.39, 0.29) is 25.0 Å². The van der Waals surface area contributed by atoms with Gasteiger partial charge < -0.3 is 19.7 Å². The van der Waals surface area contributed by atoms with E-state index in [1.54, 1.807) is 44.2 Å². The Kier molecular flexibility index (Phi) is 7.94. The summed E-state index contributed by atoms with van der Waals surface area (Å²) in [5, 5.41) is 3.20. The lowest BCUT2D eigenvalue weighted by atomic mass is 10.1. The average molecular weight is 493 g/mol. The highest BCUT2D eigenvalue weighted by Crippen LogP contribution is 2.27. The minimum Gasteiger partial charge on any atom is -0.459 e. The van der Waals surface area contributed by atoms with Crippen molar-refractivity contribution in [2.45, 2.75) is 26.4 Å². The van der Waals surface area contributed by atoms with Gasteiger partial charge in [0.2, 0.25) is 5.91 Å². The number of carbonyl (C=O) groups is 4. The van der Waals surface area contributed by atoms with Crippen LogP contribution in [0.3, 0.4) is 0 Å². The Labute approximate surface area is 200 Å². The molecule has 1 fully saturated rings. The van der Waals surface area contributed by atoms with Crippen molar-refractivity contribution in [3.63, 3.8) is 0 Å². The number of carbonyl (C=O) groups excluding carboxylic acids is 4. The summed E-state index contributed by atoms with van der Waals surface area (Å²) in [5.74, 6) is -2.67. The summed E-state index contributed by atoms with van der Waals surface area (Å²) in [6.07, 6.45) is -0.286. The van der Waals surface area contributed by atoms with Crippen LogP contribution in [-0.4, -0.2) is 43.0 Å². The van der Waals surface area contributed by atoms with Gasteiger partial charge >= 0.3 is 11.9 Å². The molecule has 0 aliphatic carbocycles. The minimum absolute atomic E-state index is 0.0439. The molecule has 174 valence electrons. The molecule has 3 rings (SSSR count). The third-order valence-corrected chi connectivity index (χ3v) is 5.33. The molecule has 2 aromatic rings. The Balaban J connectivity index is 1.54. The van der Waals surface area contributed by atoms with Crippen LogP contribution in [0.25, 0.3) is 0 Å². The summed E-state index contributed by atoms with van der Waals surface area (Å²) in [6, 6.07) is 10.9. The number of amides is 2.